The van der Waals surface area contributed by atoms with Gasteiger partial charge in [-0.15, -0.1) is 0 Å². The van der Waals surface area contributed by atoms with Gasteiger partial charge in [0.25, 0.3) is 0 Å². The van der Waals surface area contributed by atoms with E-state index >= 15 is 0 Å². The molecule has 3 aromatic rings. The van der Waals surface area contributed by atoms with Crippen LogP contribution in [0.5, 0.6) is 0 Å². The van der Waals surface area contributed by atoms with Crippen molar-refractivity contribution in [1.29, 1.82) is 0 Å². The quantitative estimate of drug-likeness (QED) is 0.606. The van der Waals surface area contributed by atoms with Crippen molar-refractivity contribution in [2.24, 2.45) is 11.8 Å². The molecular formula is C22H19F2N4O2+. The zero-order chi connectivity index (χ0) is 20.8. The number of carbonyl (C=O) groups excluding carboxylic acids is 1. The Kier molecular flexibility index (Phi) is 4.34. The standard InChI is InChI=1S/C22H18F2N4O2/c1-11-6-16-19(17(29)7-11)20(12-8-13(23)10-14(24)9-12)27-21(25-16)28-22-26-15-4-2-3-5-18(15)30-22/h2-6,8-11,19-20H,7H2,1H3,(H2,25,26,27,28)/p+1. The molecule has 1 aliphatic carbocycles. The number of nitrogens with zero attached hydrogens (tertiary/aromatic N) is 1. The predicted molar refractivity (Wildman–Crippen MR) is 106 cm³/mol. The van der Waals surface area contributed by atoms with E-state index in [4.69, 9.17) is 4.42 Å². The van der Waals surface area contributed by atoms with Gasteiger partial charge < -0.3 is 4.42 Å². The van der Waals surface area contributed by atoms with E-state index in [0.717, 1.165) is 6.07 Å². The van der Waals surface area contributed by atoms with Gasteiger partial charge in [-0.3, -0.25) is 9.79 Å². The minimum Gasteiger partial charge on any atom is -0.412 e. The lowest BCUT2D eigenvalue weighted by molar-refractivity contribution is -0.522. The lowest BCUT2D eigenvalue weighted by Gasteiger charge is -2.32. The number of halogens is 2. The average Bonchev–Trinajstić information content (AvgIpc) is 3.08. The topological polar surface area (TPSA) is 81.1 Å². The molecule has 0 saturated heterocycles. The fourth-order valence-corrected chi connectivity index (χ4v) is 4.12. The predicted octanol–water partition coefficient (Wildman–Crippen LogP) is 2.41. The number of anilines is 1. The van der Waals surface area contributed by atoms with E-state index in [1.54, 1.807) is 6.07 Å². The molecule has 0 amide bonds. The number of para-hydroxylation sites is 2. The summed E-state index contributed by atoms with van der Waals surface area (Å²) in [5.41, 5.74) is 2.35. The molecule has 0 radical (unpaired) electrons. The molecule has 8 heteroatoms. The SMILES string of the molecule is CC1C=C2NC(Nc3nc4ccccc4o3)=[NH+]C(c3cc(F)cc(F)c3)C2C(=O)C1. The summed E-state index contributed by atoms with van der Waals surface area (Å²) in [6.07, 6.45) is 2.35. The van der Waals surface area contributed by atoms with Crippen LogP contribution in [0.25, 0.3) is 11.1 Å². The molecule has 2 heterocycles. The van der Waals surface area contributed by atoms with Crippen molar-refractivity contribution >= 4 is 28.9 Å². The van der Waals surface area contributed by atoms with Crippen molar-refractivity contribution < 1.29 is 23.0 Å². The number of Topliss-reactive ketones (excluding diaryl/α,β-unsaturated/α-hetero) is 1. The summed E-state index contributed by atoms with van der Waals surface area (Å²) in [7, 11) is 0. The number of guanidine groups is 1. The minimum absolute atomic E-state index is 0.00980. The Bertz CT molecular complexity index is 1160. The molecule has 0 fully saturated rings. The highest BCUT2D eigenvalue weighted by molar-refractivity contribution is 5.94. The van der Waals surface area contributed by atoms with E-state index in [9.17, 15) is 13.6 Å². The number of ketones is 1. The molecular weight excluding hydrogens is 390 g/mol. The van der Waals surface area contributed by atoms with E-state index in [1.807, 2.05) is 31.2 Å². The van der Waals surface area contributed by atoms with Gasteiger partial charge in [0.05, 0.1) is 5.70 Å². The van der Waals surface area contributed by atoms with Crippen LogP contribution in [-0.2, 0) is 4.79 Å². The molecule has 1 aromatic heterocycles. The molecule has 0 bridgehead atoms. The van der Waals surface area contributed by atoms with Gasteiger partial charge in [-0.05, 0) is 41.8 Å². The summed E-state index contributed by atoms with van der Waals surface area (Å²) >= 11 is 0. The molecule has 6 nitrogen and oxygen atoms in total. The number of fused-ring (bicyclic) bond motifs is 2. The maximum atomic E-state index is 13.9. The number of benzene rings is 2. The number of hydrogen-bond acceptors (Lipinski definition) is 5. The molecule has 1 aliphatic heterocycles. The van der Waals surface area contributed by atoms with Crippen LogP contribution in [0.4, 0.5) is 14.8 Å². The second-order valence-corrected chi connectivity index (χ2v) is 7.68. The van der Waals surface area contributed by atoms with Gasteiger partial charge in [0.15, 0.2) is 5.58 Å². The Morgan fingerprint density at radius 2 is 1.97 bits per heavy atom. The van der Waals surface area contributed by atoms with E-state index in [2.05, 4.69) is 20.6 Å². The molecule has 30 heavy (non-hydrogen) atoms. The first kappa shape index (κ1) is 18.5. The maximum Gasteiger partial charge on any atom is 0.365 e. The van der Waals surface area contributed by atoms with Crippen LogP contribution < -0.4 is 15.6 Å². The van der Waals surface area contributed by atoms with Crippen molar-refractivity contribution in [3.8, 4) is 0 Å². The summed E-state index contributed by atoms with van der Waals surface area (Å²) in [6.45, 7) is 1.95. The van der Waals surface area contributed by atoms with Gasteiger partial charge in [-0.25, -0.2) is 14.1 Å². The third-order valence-corrected chi connectivity index (χ3v) is 5.34. The lowest BCUT2D eigenvalue weighted by Crippen LogP contribution is -2.84. The summed E-state index contributed by atoms with van der Waals surface area (Å²) in [4.78, 5) is 20.3. The fraction of sp³-hybridized carbons (Fsp3) is 0.227. The number of nitrogens with one attached hydrogen (secondary N) is 3. The van der Waals surface area contributed by atoms with Crippen LogP contribution in [-0.4, -0.2) is 16.7 Å². The van der Waals surface area contributed by atoms with E-state index < -0.39 is 23.6 Å². The Balaban J connectivity index is 1.56. The van der Waals surface area contributed by atoms with Crippen LogP contribution >= 0.6 is 0 Å². The summed E-state index contributed by atoms with van der Waals surface area (Å²) < 4.78 is 33.5. The zero-order valence-corrected chi connectivity index (χ0v) is 16.1. The number of carbonyl (C=O) groups is 1. The first-order chi connectivity index (χ1) is 14.5. The first-order valence-corrected chi connectivity index (χ1v) is 9.70. The average molecular weight is 409 g/mol. The zero-order valence-electron chi connectivity index (χ0n) is 16.1. The largest absolute Gasteiger partial charge is 0.412 e. The van der Waals surface area contributed by atoms with E-state index in [1.165, 1.54) is 12.1 Å². The molecule has 3 unspecified atom stereocenters. The first-order valence-electron chi connectivity index (χ1n) is 9.70. The number of rotatable bonds is 2. The van der Waals surface area contributed by atoms with Gasteiger partial charge in [0, 0.05) is 12.5 Å². The highest BCUT2D eigenvalue weighted by Gasteiger charge is 2.43. The Morgan fingerprint density at radius 3 is 2.73 bits per heavy atom. The fourth-order valence-electron chi connectivity index (χ4n) is 4.12. The Labute approximate surface area is 170 Å². The minimum atomic E-state index is -0.694. The van der Waals surface area contributed by atoms with Crippen LogP contribution in [0.3, 0.4) is 0 Å². The summed E-state index contributed by atoms with van der Waals surface area (Å²) in [5, 5.41) is 6.22. The van der Waals surface area contributed by atoms with Crippen molar-refractivity contribution in [2.75, 3.05) is 5.32 Å². The smallest absolute Gasteiger partial charge is 0.365 e. The van der Waals surface area contributed by atoms with Crippen LogP contribution in [0.15, 0.2) is 58.7 Å². The highest BCUT2D eigenvalue weighted by atomic mass is 19.1. The van der Waals surface area contributed by atoms with Crippen molar-refractivity contribution in [1.82, 2.24) is 10.3 Å². The molecule has 5 rings (SSSR count). The monoisotopic (exact) mass is 409 g/mol. The lowest BCUT2D eigenvalue weighted by atomic mass is 9.78. The molecule has 3 atom stereocenters. The Morgan fingerprint density at radius 1 is 1.20 bits per heavy atom. The van der Waals surface area contributed by atoms with Gasteiger partial charge in [-0.2, -0.15) is 10.3 Å². The van der Waals surface area contributed by atoms with Gasteiger partial charge in [-0.1, -0.05) is 19.1 Å². The number of aromatic nitrogens is 1. The van der Waals surface area contributed by atoms with Crippen molar-refractivity contribution in [3.05, 3.63) is 71.4 Å². The summed E-state index contributed by atoms with van der Waals surface area (Å²) in [6, 6.07) is 10.2. The van der Waals surface area contributed by atoms with Crippen molar-refractivity contribution in [2.45, 2.75) is 19.4 Å². The van der Waals surface area contributed by atoms with Gasteiger partial charge in [0.2, 0.25) is 0 Å². The van der Waals surface area contributed by atoms with Crippen molar-refractivity contribution in [3.63, 3.8) is 0 Å². The molecule has 2 aromatic carbocycles. The second kappa shape index (κ2) is 7.05. The van der Waals surface area contributed by atoms with Crippen LogP contribution in [0, 0.1) is 23.5 Å². The molecule has 0 saturated carbocycles. The number of oxazole rings is 1. The second-order valence-electron chi connectivity index (χ2n) is 7.68. The third-order valence-electron chi connectivity index (χ3n) is 5.34. The Hall–Kier alpha value is -3.55. The molecule has 0 spiro atoms. The van der Waals surface area contributed by atoms with Gasteiger partial charge in [0.1, 0.15) is 34.9 Å². The maximum absolute atomic E-state index is 13.9. The van der Waals surface area contributed by atoms with Crippen LogP contribution in [0.2, 0.25) is 0 Å². The van der Waals surface area contributed by atoms with E-state index in [0.29, 0.717) is 34.7 Å². The summed E-state index contributed by atoms with van der Waals surface area (Å²) in [5.74, 6) is -1.47. The van der Waals surface area contributed by atoms with Gasteiger partial charge >= 0.3 is 12.0 Å². The molecule has 3 N–H and O–H groups in total. The number of allylic oxidation sites excluding steroid dienone is 1. The molecule has 2 aliphatic rings. The third kappa shape index (κ3) is 3.34. The normalized spacial score (nSPS) is 23.4. The number of hydrogen-bond donors (Lipinski definition) is 3. The highest BCUT2D eigenvalue weighted by Crippen LogP contribution is 2.33. The van der Waals surface area contributed by atoms with Crippen LogP contribution in [0.1, 0.15) is 24.9 Å². The van der Waals surface area contributed by atoms with E-state index in [-0.39, 0.29) is 17.7 Å². The molecule has 152 valence electrons.